The fourth-order valence-electron chi connectivity index (χ4n) is 2.59. The minimum Gasteiger partial charge on any atom is -0.368 e. The van der Waals surface area contributed by atoms with E-state index >= 15 is 0 Å². The second-order valence-electron chi connectivity index (χ2n) is 5.76. The highest BCUT2D eigenvalue weighted by Gasteiger charge is 2.31. The number of fused-ring (bicyclic) bond motifs is 1. The molecule has 0 fully saturated rings. The third kappa shape index (κ3) is 3.48. The average Bonchev–Trinajstić information content (AvgIpc) is 2.89. The van der Waals surface area contributed by atoms with Crippen molar-refractivity contribution in [1.82, 2.24) is 4.72 Å². The number of nitrogens with one attached hydrogen (secondary N) is 2. The van der Waals surface area contributed by atoms with Crippen LogP contribution in [0.3, 0.4) is 0 Å². The van der Waals surface area contributed by atoms with Gasteiger partial charge in [-0.3, -0.25) is 14.4 Å². The largest absolute Gasteiger partial charge is 0.368 e. The maximum Gasteiger partial charge on any atom is 0.296 e. The summed E-state index contributed by atoms with van der Waals surface area (Å²) in [7, 11) is -4.13. The number of carbonyl (C=O) groups excluding carboxylic acids is 3. The van der Waals surface area contributed by atoms with Crippen LogP contribution >= 0.6 is 0 Å². The van der Waals surface area contributed by atoms with Crippen LogP contribution in [-0.2, 0) is 26.0 Å². The molecule has 0 radical (unpaired) electrons. The summed E-state index contributed by atoms with van der Waals surface area (Å²) in [5.41, 5.74) is 6.27. The van der Waals surface area contributed by atoms with Crippen molar-refractivity contribution in [3.63, 3.8) is 0 Å². The molecule has 1 aliphatic heterocycles. The molecule has 1 aliphatic rings. The van der Waals surface area contributed by atoms with Crippen molar-refractivity contribution in [2.45, 2.75) is 17.4 Å². The van der Waals surface area contributed by atoms with Crippen molar-refractivity contribution >= 4 is 33.3 Å². The lowest BCUT2D eigenvalue weighted by molar-refractivity contribution is -0.119. The van der Waals surface area contributed by atoms with Crippen LogP contribution in [0.1, 0.15) is 15.9 Å². The molecule has 3 rings (SSSR count). The van der Waals surface area contributed by atoms with Crippen LogP contribution in [0.25, 0.3) is 0 Å². The zero-order valence-electron chi connectivity index (χ0n) is 13.4. The van der Waals surface area contributed by atoms with Gasteiger partial charge in [-0.15, -0.1) is 0 Å². The molecule has 9 heteroatoms. The number of amides is 2. The highest BCUT2D eigenvalue weighted by atomic mass is 32.2. The predicted molar refractivity (Wildman–Crippen MR) is 92.9 cm³/mol. The number of sulfonamides is 1. The van der Waals surface area contributed by atoms with Crippen molar-refractivity contribution in [1.29, 1.82) is 0 Å². The van der Waals surface area contributed by atoms with Crippen molar-refractivity contribution < 1.29 is 22.8 Å². The van der Waals surface area contributed by atoms with Gasteiger partial charge in [0, 0.05) is 0 Å². The number of carbonyl (C=O) groups is 3. The molecule has 0 aliphatic carbocycles. The number of ketones is 1. The summed E-state index contributed by atoms with van der Waals surface area (Å²) >= 11 is 0. The highest BCUT2D eigenvalue weighted by molar-refractivity contribution is 7.89. The van der Waals surface area contributed by atoms with Gasteiger partial charge in [-0.1, -0.05) is 30.3 Å². The Bertz CT molecular complexity index is 1000. The van der Waals surface area contributed by atoms with Crippen molar-refractivity contribution in [3.05, 3.63) is 59.7 Å². The summed E-state index contributed by atoms with van der Waals surface area (Å²) in [6.07, 6.45) is 0.0827. The molecule has 1 unspecified atom stereocenters. The van der Waals surface area contributed by atoms with Crippen LogP contribution < -0.4 is 15.8 Å². The van der Waals surface area contributed by atoms with Crippen LogP contribution in [0.4, 0.5) is 5.69 Å². The van der Waals surface area contributed by atoms with Gasteiger partial charge >= 0.3 is 0 Å². The first-order valence-corrected chi connectivity index (χ1v) is 9.11. The van der Waals surface area contributed by atoms with E-state index in [4.69, 9.17) is 5.73 Å². The predicted octanol–water partition coefficient (Wildman–Crippen LogP) is 0.196. The van der Waals surface area contributed by atoms with Gasteiger partial charge in [0.2, 0.25) is 15.9 Å². The molecule has 0 saturated carbocycles. The summed E-state index contributed by atoms with van der Waals surface area (Å²) in [6.45, 7) is 0. The van der Waals surface area contributed by atoms with Gasteiger partial charge in [0.1, 0.15) is 6.04 Å². The summed E-state index contributed by atoms with van der Waals surface area (Å²) in [6, 6.07) is 11.3. The normalized spacial score (nSPS) is 14.6. The van der Waals surface area contributed by atoms with Crippen LogP contribution in [0.5, 0.6) is 0 Å². The summed E-state index contributed by atoms with van der Waals surface area (Å²) in [5.74, 6) is -2.46. The summed E-state index contributed by atoms with van der Waals surface area (Å²) in [5, 5.41) is 2.34. The molecule has 1 heterocycles. The Balaban J connectivity index is 1.87. The molecule has 2 amide bonds. The van der Waals surface area contributed by atoms with E-state index in [1.54, 1.807) is 30.3 Å². The van der Waals surface area contributed by atoms with Crippen molar-refractivity contribution in [2.24, 2.45) is 5.73 Å². The first-order chi connectivity index (χ1) is 12.3. The van der Waals surface area contributed by atoms with E-state index in [1.807, 2.05) is 0 Å². The van der Waals surface area contributed by atoms with E-state index in [1.165, 1.54) is 12.1 Å². The first kappa shape index (κ1) is 17.8. The molecule has 26 heavy (non-hydrogen) atoms. The van der Waals surface area contributed by atoms with Gasteiger partial charge in [-0.05, 0) is 30.2 Å². The molecule has 0 aromatic heterocycles. The second kappa shape index (κ2) is 6.70. The molecule has 0 saturated heterocycles. The minimum absolute atomic E-state index is 0.0310. The molecule has 2 aromatic rings. The third-order valence-electron chi connectivity index (χ3n) is 3.92. The van der Waals surface area contributed by atoms with Crippen LogP contribution in [0, 0.1) is 0 Å². The number of nitrogens with two attached hydrogens (primary N) is 1. The number of rotatable bonds is 6. The molecule has 2 aromatic carbocycles. The maximum absolute atomic E-state index is 12.6. The molecule has 8 nitrogen and oxygen atoms in total. The Morgan fingerprint density at radius 2 is 1.81 bits per heavy atom. The number of anilines is 1. The topological polar surface area (TPSA) is 135 Å². The SMILES string of the molecule is NC(=O)C(Cc1ccccc1)NS(=O)(=O)c1ccc2c(c1)C(=O)C(=O)N2. The Morgan fingerprint density at radius 1 is 1.12 bits per heavy atom. The number of hydrogen-bond acceptors (Lipinski definition) is 5. The van der Waals surface area contributed by atoms with Gasteiger partial charge in [0.25, 0.3) is 11.7 Å². The smallest absolute Gasteiger partial charge is 0.296 e. The third-order valence-corrected chi connectivity index (χ3v) is 5.39. The Morgan fingerprint density at radius 3 is 2.46 bits per heavy atom. The molecule has 4 N–H and O–H groups in total. The van der Waals surface area contributed by atoms with E-state index in [-0.39, 0.29) is 22.6 Å². The standard InChI is InChI=1S/C17H15N3O5S/c18-16(22)14(8-10-4-2-1-3-5-10)20-26(24,25)11-6-7-13-12(9-11)15(21)17(23)19-13/h1-7,9,14,20H,8H2,(H2,18,22)(H,19,21,23). The monoisotopic (exact) mass is 373 g/mol. The lowest BCUT2D eigenvalue weighted by Gasteiger charge is -2.16. The number of primary amides is 1. The number of hydrogen-bond donors (Lipinski definition) is 3. The first-order valence-electron chi connectivity index (χ1n) is 7.63. The second-order valence-corrected chi connectivity index (χ2v) is 7.47. The molecule has 134 valence electrons. The van der Waals surface area contributed by atoms with E-state index < -0.39 is 33.7 Å². The number of benzene rings is 2. The van der Waals surface area contributed by atoms with Gasteiger partial charge in [-0.2, -0.15) is 4.72 Å². The quantitative estimate of drug-likeness (QED) is 0.622. The molecular weight excluding hydrogens is 358 g/mol. The van der Waals surface area contributed by atoms with Crippen molar-refractivity contribution in [3.8, 4) is 0 Å². The zero-order chi connectivity index (χ0) is 18.9. The van der Waals surface area contributed by atoms with Crippen LogP contribution in [0.15, 0.2) is 53.4 Å². The summed E-state index contributed by atoms with van der Waals surface area (Å²) in [4.78, 5) is 34.6. The summed E-state index contributed by atoms with van der Waals surface area (Å²) < 4.78 is 27.4. The van der Waals surface area contributed by atoms with E-state index in [0.717, 1.165) is 11.6 Å². The van der Waals surface area contributed by atoms with E-state index in [2.05, 4.69) is 10.0 Å². The highest BCUT2D eigenvalue weighted by Crippen LogP contribution is 2.26. The van der Waals surface area contributed by atoms with Gasteiger partial charge in [0.05, 0.1) is 16.1 Å². The van der Waals surface area contributed by atoms with E-state index in [0.29, 0.717) is 0 Å². The van der Waals surface area contributed by atoms with Crippen molar-refractivity contribution in [2.75, 3.05) is 5.32 Å². The molecule has 1 atom stereocenters. The fourth-order valence-corrected chi connectivity index (χ4v) is 3.82. The number of Topliss-reactive ketones (excluding diaryl/α,β-unsaturated/α-hetero) is 1. The molecule has 0 bridgehead atoms. The average molecular weight is 373 g/mol. The van der Waals surface area contributed by atoms with Gasteiger partial charge in [-0.25, -0.2) is 8.42 Å². The Labute approximate surface area is 149 Å². The fraction of sp³-hybridized carbons (Fsp3) is 0.118. The molecular formula is C17H15N3O5S. The lowest BCUT2D eigenvalue weighted by atomic mass is 10.1. The van der Waals surface area contributed by atoms with Crippen LogP contribution in [0.2, 0.25) is 0 Å². The van der Waals surface area contributed by atoms with E-state index in [9.17, 15) is 22.8 Å². The van der Waals surface area contributed by atoms with Gasteiger partial charge in [0.15, 0.2) is 0 Å². The zero-order valence-corrected chi connectivity index (χ0v) is 14.2. The Hall–Kier alpha value is -3.04. The van der Waals surface area contributed by atoms with Crippen LogP contribution in [-0.4, -0.2) is 32.1 Å². The maximum atomic E-state index is 12.6. The minimum atomic E-state index is -4.13. The Kier molecular flexibility index (Phi) is 4.58. The molecule has 0 spiro atoms. The lowest BCUT2D eigenvalue weighted by Crippen LogP contribution is -2.45. The van der Waals surface area contributed by atoms with Gasteiger partial charge < -0.3 is 11.1 Å².